The number of imidazole rings is 1. The van der Waals surface area contributed by atoms with Crippen molar-refractivity contribution < 1.29 is 4.74 Å². The van der Waals surface area contributed by atoms with E-state index >= 15 is 0 Å². The standard InChI is InChI=1S/C24H32N4OS/c1-15(2)13-27(14-18-7-8-18)24-23(30-6)26-22-21(25-9-10-28(22)24)20-17(4)11-16(3)12-19(20)29-5/h9-12,15,18H,7-8,13-14H2,1-6H3. The molecule has 0 N–H and O–H groups in total. The van der Waals surface area contributed by atoms with Gasteiger partial charge in [-0.15, -0.1) is 11.8 Å². The van der Waals surface area contributed by atoms with Crippen LogP contribution in [-0.2, 0) is 0 Å². The summed E-state index contributed by atoms with van der Waals surface area (Å²) in [5.74, 6) is 3.44. The number of aryl methyl sites for hydroxylation is 2. The summed E-state index contributed by atoms with van der Waals surface area (Å²) >= 11 is 1.71. The van der Waals surface area contributed by atoms with Gasteiger partial charge < -0.3 is 9.64 Å². The van der Waals surface area contributed by atoms with Gasteiger partial charge in [-0.2, -0.15) is 0 Å². The lowest BCUT2D eigenvalue weighted by molar-refractivity contribution is 0.415. The molecule has 1 aromatic carbocycles. The molecular weight excluding hydrogens is 392 g/mol. The lowest BCUT2D eigenvalue weighted by Gasteiger charge is -2.27. The van der Waals surface area contributed by atoms with Crippen LogP contribution in [-0.4, -0.2) is 40.8 Å². The van der Waals surface area contributed by atoms with Crippen LogP contribution in [0.3, 0.4) is 0 Å². The van der Waals surface area contributed by atoms with Gasteiger partial charge in [0.25, 0.3) is 0 Å². The second-order valence-corrected chi connectivity index (χ2v) is 9.61. The second-order valence-electron chi connectivity index (χ2n) is 8.82. The van der Waals surface area contributed by atoms with Crippen LogP contribution in [0.4, 0.5) is 5.82 Å². The van der Waals surface area contributed by atoms with Crippen molar-refractivity contribution in [2.75, 3.05) is 31.4 Å². The number of thioether (sulfide) groups is 1. The molecular formula is C24H32N4OS. The Morgan fingerprint density at radius 3 is 2.67 bits per heavy atom. The molecule has 0 unspecified atom stereocenters. The molecule has 4 rings (SSSR count). The second kappa shape index (κ2) is 8.50. The monoisotopic (exact) mass is 424 g/mol. The van der Waals surface area contributed by atoms with Gasteiger partial charge in [0, 0.05) is 31.0 Å². The highest BCUT2D eigenvalue weighted by Gasteiger charge is 2.29. The first-order chi connectivity index (χ1) is 14.4. The Hall–Kier alpha value is -2.21. The van der Waals surface area contributed by atoms with E-state index in [1.165, 1.54) is 24.2 Å². The van der Waals surface area contributed by atoms with Crippen molar-refractivity contribution in [3.63, 3.8) is 0 Å². The Morgan fingerprint density at radius 1 is 1.27 bits per heavy atom. The van der Waals surface area contributed by atoms with Crippen LogP contribution in [0.5, 0.6) is 5.75 Å². The first-order valence-electron chi connectivity index (χ1n) is 10.7. The highest BCUT2D eigenvalue weighted by molar-refractivity contribution is 7.98. The lowest BCUT2D eigenvalue weighted by Crippen LogP contribution is -2.31. The third-order valence-electron chi connectivity index (χ3n) is 5.64. The van der Waals surface area contributed by atoms with Crippen molar-refractivity contribution in [3.05, 3.63) is 35.7 Å². The smallest absolute Gasteiger partial charge is 0.166 e. The van der Waals surface area contributed by atoms with Gasteiger partial charge in [0.2, 0.25) is 0 Å². The van der Waals surface area contributed by atoms with Crippen molar-refractivity contribution in [2.45, 2.75) is 45.6 Å². The number of benzene rings is 1. The molecule has 0 saturated heterocycles. The number of nitrogens with zero attached hydrogens (tertiary/aromatic N) is 4. The molecule has 5 nitrogen and oxygen atoms in total. The Balaban J connectivity index is 1.92. The zero-order chi connectivity index (χ0) is 21.4. The molecule has 1 aliphatic rings. The fourth-order valence-corrected chi connectivity index (χ4v) is 4.83. The number of aromatic nitrogens is 3. The van der Waals surface area contributed by atoms with Crippen LogP contribution in [0.1, 0.15) is 37.8 Å². The van der Waals surface area contributed by atoms with Crippen LogP contribution in [0.15, 0.2) is 29.6 Å². The van der Waals surface area contributed by atoms with Crippen molar-refractivity contribution in [1.29, 1.82) is 0 Å². The molecule has 2 aromatic heterocycles. The summed E-state index contributed by atoms with van der Waals surface area (Å²) in [6.45, 7) is 10.9. The maximum atomic E-state index is 5.74. The highest BCUT2D eigenvalue weighted by Crippen LogP contribution is 2.40. The van der Waals surface area contributed by atoms with Gasteiger partial charge in [-0.25, -0.2) is 4.98 Å². The summed E-state index contributed by atoms with van der Waals surface area (Å²) in [4.78, 5) is 12.4. The van der Waals surface area contributed by atoms with E-state index in [0.717, 1.165) is 52.3 Å². The van der Waals surface area contributed by atoms with Crippen LogP contribution in [0, 0.1) is 25.7 Å². The van der Waals surface area contributed by atoms with Crippen LogP contribution in [0.2, 0.25) is 0 Å². The normalized spacial score (nSPS) is 14.0. The SMILES string of the molecule is COc1cc(C)cc(C)c1-c1nccn2c(N(CC(C)C)CC3CC3)c(SC)nc12. The Bertz CT molecular complexity index is 1050. The first-order valence-corrected chi connectivity index (χ1v) is 12.0. The van der Waals surface area contributed by atoms with E-state index in [-0.39, 0.29) is 0 Å². The average Bonchev–Trinajstić information content (AvgIpc) is 3.43. The van der Waals surface area contributed by atoms with E-state index in [4.69, 9.17) is 14.7 Å². The molecule has 1 aliphatic carbocycles. The van der Waals surface area contributed by atoms with Crippen molar-refractivity contribution in [3.8, 4) is 17.0 Å². The highest BCUT2D eigenvalue weighted by atomic mass is 32.2. The molecule has 3 aromatic rings. The summed E-state index contributed by atoms with van der Waals surface area (Å²) < 4.78 is 7.98. The fraction of sp³-hybridized carbons (Fsp3) is 0.500. The molecule has 0 radical (unpaired) electrons. The predicted molar refractivity (Wildman–Crippen MR) is 126 cm³/mol. The molecule has 0 bridgehead atoms. The van der Waals surface area contributed by atoms with Gasteiger partial charge in [-0.1, -0.05) is 19.9 Å². The van der Waals surface area contributed by atoms with Crippen LogP contribution < -0.4 is 9.64 Å². The molecule has 160 valence electrons. The molecule has 30 heavy (non-hydrogen) atoms. The largest absolute Gasteiger partial charge is 0.496 e. The summed E-state index contributed by atoms with van der Waals surface area (Å²) in [5, 5.41) is 1.06. The van der Waals surface area contributed by atoms with Gasteiger partial charge in [-0.05, 0) is 62.0 Å². The number of hydrogen-bond acceptors (Lipinski definition) is 5. The van der Waals surface area contributed by atoms with Gasteiger partial charge in [0.1, 0.15) is 22.3 Å². The van der Waals surface area contributed by atoms with E-state index in [0.29, 0.717) is 5.92 Å². The molecule has 0 aliphatic heterocycles. The van der Waals surface area contributed by atoms with Crippen molar-refractivity contribution >= 4 is 23.2 Å². The molecule has 6 heteroatoms. The summed E-state index contributed by atoms with van der Waals surface area (Å²) in [6.07, 6.45) is 8.73. The molecule has 0 spiro atoms. The van der Waals surface area contributed by atoms with E-state index in [9.17, 15) is 0 Å². The number of hydrogen-bond donors (Lipinski definition) is 0. The van der Waals surface area contributed by atoms with Crippen LogP contribution >= 0.6 is 11.8 Å². The number of methoxy groups -OCH3 is 1. The third kappa shape index (κ3) is 4.02. The molecule has 2 heterocycles. The lowest BCUT2D eigenvalue weighted by atomic mass is 10.0. The predicted octanol–water partition coefficient (Wildman–Crippen LogP) is 5.62. The fourth-order valence-electron chi connectivity index (χ4n) is 4.24. The summed E-state index contributed by atoms with van der Waals surface area (Å²) in [7, 11) is 1.72. The molecule has 1 saturated carbocycles. The Kier molecular flexibility index (Phi) is 5.96. The minimum Gasteiger partial charge on any atom is -0.496 e. The number of ether oxygens (including phenoxy) is 1. The van der Waals surface area contributed by atoms with Gasteiger partial charge in [-0.3, -0.25) is 9.38 Å². The van der Waals surface area contributed by atoms with Crippen molar-refractivity contribution in [1.82, 2.24) is 14.4 Å². The number of rotatable bonds is 8. The topological polar surface area (TPSA) is 42.7 Å². The summed E-state index contributed by atoms with van der Waals surface area (Å²) in [5.41, 5.74) is 5.13. The van der Waals surface area contributed by atoms with E-state index in [2.05, 4.69) is 61.6 Å². The Labute approximate surface area is 183 Å². The van der Waals surface area contributed by atoms with Gasteiger partial charge >= 0.3 is 0 Å². The summed E-state index contributed by atoms with van der Waals surface area (Å²) in [6, 6.07) is 4.26. The van der Waals surface area contributed by atoms with E-state index in [1.807, 2.05) is 6.20 Å². The van der Waals surface area contributed by atoms with E-state index in [1.54, 1.807) is 18.9 Å². The van der Waals surface area contributed by atoms with Crippen molar-refractivity contribution in [2.24, 2.45) is 11.8 Å². The number of fused-ring (bicyclic) bond motifs is 1. The number of anilines is 1. The minimum atomic E-state index is 0.588. The Morgan fingerprint density at radius 2 is 2.03 bits per heavy atom. The maximum absolute atomic E-state index is 5.74. The first kappa shape index (κ1) is 21.0. The average molecular weight is 425 g/mol. The molecule has 0 amide bonds. The quantitative estimate of drug-likeness (QED) is 0.439. The zero-order valence-corrected chi connectivity index (χ0v) is 19.7. The molecule has 0 atom stereocenters. The third-order valence-corrected chi connectivity index (χ3v) is 6.30. The maximum Gasteiger partial charge on any atom is 0.166 e. The minimum absolute atomic E-state index is 0.588. The zero-order valence-electron chi connectivity index (χ0n) is 18.9. The van der Waals surface area contributed by atoms with Crippen LogP contribution in [0.25, 0.3) is 16.9 Å². The van der Waals surface area contributed by atoms with E-state index < -0.39 is 0 Å². The molecule has 1 fully saturated rings. The van der Waals surface area contributed by atoms with Gasteiger partial charge in [0.15, 0.2) is 5.65 Å². The van der Waals surface area contributed by atoms with Gasteiger partial charge in [0.05, 0.1) is 7.11 Å².